The molecule has 0 aliphatic carbocycles. The Morgan fingerprint density at radius 1 is 1.39 bits per heavy atom. The number of halogens is 1. The highest BCUT2D eigenvalue weighted by atomic mass is 35.5. The summed E-state index contributed by atoms with van der Waals surface area (Å²) < 4.78 is 0. The van der Waals surface area contributed by atoms with Gasteiger partial charge in [-0.25, -0.2) is 0 Å². The Kier molecular flexibility index (Phi) is 4.61. The summed E-state index contributed by atoms with van der Waals surface area (Å²) in [6.07, 6.45) is 3.31. The molecule has 1 unspecified atom stereocenters. The second kappa shape index (κ2) is 6.21. The molecular formula is C14H18ClNO2. The van der Waals surface area contributed by atoms with Crippen LogP contribution in [0, 0.1) is 0 Å². The summed E-state index contributed by atoms with van der Waals surface area (Å²) in [6, 6.07) is 7.39. The van der Waals surface area contributed by atoms with Crippen molar-refractivity contribution in [3.05, 3.63) is 34.9 Å². The molecule has 0 aromatic heterocycles. The molecule has 0 saturated carbocycles. The van der Waals surface area contributed by atoms with E-state index in [2.05, 4.69) is 0 Å². The van der Waals surface area contributed by atoms with E-state index in [4.69, 9.17) is 11.6 Å². The predicted octanol–water partition coefficient (Wildman–Crippen LogP) is 2.26. The minimum absolute atomic E-state index is 0.0197. The van der Waals surface area contributed by atoms with Gasteiger partial charge in [-0.2, -0.15) is 0 Å². The zero-order valence-corrected chi connectivity index (χ0v) is 11.1. The predicted molar refractivity (Wildman–Crippen MR) is 71.6 cm³/mol. The molecule has 0 bridgehead atoms. The summed E-state index contributed by atoms with van der Waals surface area (Å²) in [5.74, 6) is 0.0573. The summed E-state index contributed by atoms with van der Waals surface area (Å²) >= 11 is 6.06. The number of aliphatic hydroxyl groups excluding tert-OH is 1. The molecule has 98 valence electrons. The second-order valence-corrected chi connectivity index (χ2v) is 5.09. The number of aliphatic hydroxyl groups is 1. The normalized spacial score (nSPS) is 19.9. The Morgan fingerprint density at radius 2 is 2.17 bits per heavy atom. The van der Waals surface area contributed by atoms with E-state index in [1.54, 1.807) is 11.0 Å². The average molecular weight is 268 g/mol. The maximum Gasteiger partial charge on any atom is 0.227 e. The molecule has 3 nitrogen and oxygen atoms in total. The maximum absolute atomic E-state index is 12.2. The second-order valence-electron chi connectivity index (χ2n) is 4.69. The maximum atomic E-state index is 12.2. The van der Waals surface area contributed by atoms with Crippen LogP contribution in [0.4, 0.5) is 0 Å². The highest BCUT2D eigenvalue weighted by Crippen LogP contribution is 2.20. The topological polar surface area (TPSA) is 40.5 Å². The van der Waals surface area contributed by atoms with Gasteiger partial charge in [0.1, 0.15) is 0 Å². The van der Waals surface area contributed by atoms with Crippen molar-refractivity contribution in [2.75, 3.05) is 13.2 Å². The molecule has 1 saturated heterocycles. The van der Waals surface area contributed by atoms with E-state index in [0.29, 0.717) is 11.4 Å². The average Bonchev–Trinajstić information content (AvgIpc) is 2.41. The number of benzene rings is 1. The standard InChI is InChI=1S/C14H18ClNO2/c15-13-7-2-1-5-11(13)9-14(18)16-8-4-3-6-12(16)10-17/h1-2,5,7,12,17H,3-4,6,8-10H2. The van der Waals surface area contributed by atoms with Crippen molar-refractivity contribution in [2.45, 2.75) is 31.7 Å². The number of amides is 1. The molecule has 1 atom stereocenters. The van der Waals surface area contributed by atoms with Gasteiger partial charge >= 0.3 is 0 Å². The Balaban J connectivity index is 2.05. The lowest BCUT2D eigenvalue weighted by Gasteiger charge is -2.34. The fourth-order valence-corrected chi connectivity index (χ4v) is 2.63. The van der Waals surface area contributed by atoms with Gasteiger partial charge in [0, 0.05) is 11.6 Å². The van der Waals surface area contributed by atoms with Gasteiger partial charge in [0.15, 0.2) is 0 Å². The third-order valence-corrected chi connectivity index (χ3v) is 3.83. The summed E-state index contributed by atoms with van der Waals surface area (Å²) in [5.41, 5.74) is 0.853. The van der Waals surface area contributed by atoms with E-state index >= 15 is 0 Å². The number of carbonyl (C=O) groups excluding carboxylic acids is 1. The summed E-state index contributed by atoms with van der Waals surface area (Å²) in [6.45, 7) is 0.794. The Bertz CT molecular complexity index is 422. The van der Waals surface area contributed by atoms with Crippen LogP contribution in [0.5, 0.6) is 0 Å². The summed E-state index contributed by atoms with van der Waals surface area (Å²) in [4.78, 5) is 14.0. The monoisotopic (exact) mass is 267 g/mol. The lowest BCUT2D eigenvalue weighted by Crippen LogP contribution is -2.46. The van der Waals surface area contributed by atoms with Gasteiger partial charge < -0.3 is 10.0 Å². The van der Waals surface area contributed by atoms with Crippen molar-refractivity contribution in [3.8, 4) is 0 Å². The molecule has 4 heteroatoms. The van der Waals surface area contributed by atoms with Crippen LogP contribution in [-0.2, 0) is 11.2 Å². The number of hydrogen-bond donors (Lipinski definition) is 1. The van der Waals surface area contributed by atoms with E-state index in [-0.39, 0.29) is 18.6 Å². The van der Waals surface area contributed by atoms with Crippen molar-refractivity contribution >= 4 is 17.5 Å². The fraction of sp³-hybridized carbons (Fsp3) is 0.500. The Morgan fingerprint density at radius 3 is 2.89 bits per heavy atom. The first-order valence-electron chi connectivity index (χ1n) is 6.36. The highest BCUT2D eigenvalue weighted by molar-refractivity contribution is 6.31. The van der Waals surface area contributed by atoms with Gasteiger partial charge in [0.05, 0.1) is 19.1 Å². The first kappa shape index (κ1) is 13.4. The minimum Gasteiger partial charge on any atom is -0.394 e. The third kappa shape index (κ3) is 3.03. The minimum atomic E-state index is -0.0197. The number of nitrogens with zero attached hydrogens (tertiary/aromatic N) is 1. The van der Waals surface area contributed by atoms with Gasteiger partial charge in [0.25, 0.3) is 0 Å². The van der Waals surface area contributed by atoms with Crippen molar-refractivity contribution in [2.24, 2.45) is 0 Å². The van der Waals surface area contributed by atoms with Crippen molar-refractivity contribution in [1.82, 2.24) is 4.90 Å². The zero-order valence-electron chi connectivity index (χ0n) is 10.3. The largest absolute Gasteiger partial charge is 0.394 e. The molecule has 1 N–H and O–H groups in total. The van der Waals surface area contributed by atoms with Gasteiger partial charge in [-0.3, -0.25) is 4.79 Å². The van der Waals surface area contributed by atoms with E-state index in [1.807, 2.05) is 18.2 Å². The number of hydrogen-bond acceptors (Lipinski definition) is 2. The van der Waals surface area contributed by atoms with Crippen molar-refractivity contribution in [1.29, 1.82) is 0 Å². The van der Waals surface area contributed by atoms with E-state index in [9.17, 15) is 9.90 Å². The first-order valence-corrected chi connectivity index (χ1v) is 6.74. The number of rotatable bonds is 3. The molecule has 1 aromatic rings. The lowest BCUT2D eigenvalue weighted by molar-refractivity contribution is -0.135. The molecule has 1 fully saturated rings. The lowest BCUT2D eigenvalue weighted by atomic mass is 10.0. The van der Waals surface area contributed by atoms with Crippen molar-refractivity contribution < 1.29 is 9.90 Å². The van der Waals surface area contributed by atoms with Gasteiger partial charge in [-0.15, -0.1) is 0 Å². The molecule has 1 aliphatic rings. The zero-order chi connectivity index (χ0) is 13.0. The molecule has 18 heavy (non-hydrogen) atoms. The molecule has 1 amide bonds. The van der Waals surface area contributed by atoms with Crippen LogP contribution in [0.15, 0.2) is 24.3 Å². The van der Waals surface area contributed by atoms with E-state index < -0.39 is 0 Å². The van der Waals surface area contributed by atoms with Crippen molar-refractivity contribution in [3.63, 3.8) is 0 Å². The molecule has 1 aromatic carbocycles. The van der Waals surface area contributed by atoms with Crippen LogP contribution in [0.1, 0.15) is 24.8 Å². The van der Waals surface area contributed by atoms with Crippen LogP contribution in [0.25, 0.3) is 0 Å². The first-order chi connectivity index (χ1) is 8.72. The number of carbonyl (C=O) groups is 1. The van der Waals surface area contributed by atoms with Gasteiger partial charge in [-0.05, 0) is 30.9 Å². The highest BCUT2D eigenvalue weighted by Gasteiger charge is 2.26. The molecule has 1 heterocycles. The molecule has 1 aliphatic heterocycles. The molecule has 0 radical (unpaired) electrons. The summed E-state index contributed by atoms with van der Waals surface area (Å²) in [7, 11) is 0. The Hall–Kier alpha value is -1.06. The van der Waals surface area contributed by atoms with Gasteiger partial charge in [0.2, 0.25) is 5.91 Å². The van der Waals surface area contributed by atoms with E-state index in [0.717, 1.165) is 31.4 Å². The molecular weight excluding hydrogens is 250 g/mol. The number of piperidine rings is 1. The third-order valence-electron chi connectivity index (χ3n) is 3.46. The number of likely N-dealkylation sites (tertiary alicyclic amines) is 1. The quantitative estimate of drug-likeness (QED) is 0.913. The summed E-state index contributed by atoms with van der Waals surface area (Å²) in [5, 5.41) is 9.94. The van der Waals surface area contributed by atoms with Gasteiger partial charge in [-0.1, -0.05) is 29.8 Å². The van der Waals surface area contributed by atoms with Crippen LogP contribution in [0.2, 0.25) is 5.02 Å². The smallest absolute Gasteiger partial charge is 0.227 e. The molecule has 2 rings (SSSR count). The molecule has 0 spiro atoms. The van der Waals surface area contributed by atoms with Crippen LogP contribution in [0.3, 0.4) is 0 Å². The van der Waals surface area contributed by atoms with Crippen LogP contribution < -0.4 is 0 Å². The van der Waals surface area contributed by atoms with E-state index in [1.165, 1.54) is 0 Å². The van der Waals surface area contributed by atoms with Crippen LogP contribution >= 0.6 is 11.6 Å². The fourth-order valence-electron chi connectivity index (χ4n) is 2.42. The SMILES string of the molecule is O=C(Cc1ccccc1Cl)N1CCCCC1CO. The Labute approximate surface area is 112 Å². The van der Waals surface area contributed by atoms with Crippen LogP contribution in [-0.4, -0.2) is 35.1 Å².